The van der Waals surface area contributed by atoms with Gasteiger partial charge in [0.05, 0.1) is 52.1 Å². The number of carbonyl (C=O) groups excluding carboxylic acids is 5. The van der Waals surface area contributed by atoms with E-state index in [-0.39, 0.29) is 96.5 Å². The van der Waals surface area contributed by atoms with Gasteiger partial charge in [0.2, 0.25) is 29.5 Å². The molecule has 0 aliphatic carbocycles. The number of para-hydroxylation sites is 1. The lowest BCUT2D eigenvalue weighted by molar-refractivity contribution is -0.300. The maximum absolute atomic E-state index is 14.0. The summed E-state index contributed by atoms with van der Waals surface area (Å²) in [5, 5.41) is 102. The molecule has 0 radical (unpaired) electrons. The summed E-state index contributed by atoms with van der Waals surface area (Å²) in [6.45, 7) is -2.95. The van der Waals surface area contributed by atoms with Crippen molar-refractivity contribution in [1.29, 1.82) is 0 Å². The number of nitrogens with one attached hydrogen (secondary N) is 5. The van der Waals surface area contributed by atoms with E-state index >= 15 is 0 Å². The Labute approximate surface area is 398 Å². The van der Waals surface area contributed by atoms with Crippen LogP contribution in [0.1, 0.15) is 51.4 Å². The number of hydrogen-bond acceptors (Lipinski definition) is 20. The van der Waals surface area contributed by atoms with Crippen LogP contribution >= 0.6 is 0 Å². The molecule has 1 aromatic carbocycles. The molecule has 0 spiro atoms. The van der Waals surface area contributed by atoms with Gasteiger partial charge in [-0.3, -0.25) is 33.7 Å². The Bertz CT molecular complexity index is 1700. The maximum Gasteiger partial charge on any atom is 0.303 e. The zero-order valence-corrected chi connectivity index (χ0v) is 38.3. The number of rotatable bonds is 33. The number of aliphatic hydroxyl groups excluding tert-OH is 8. The number of unbranched alkanes of at least 4 members (excludes halogenated alkanes) is 2. The highest BCUT2D eigenvalue weighted by Gasteiger charge is 2.45. The number of amides is 5. The van der Waals surface area contributed by atoms with E-state index in [2.05, 4.69) is 26.6 Å². The number of nitrogens with zero attached hydrogens (tertiary/aromatic N) is 1. The number of carbonyl (C=O) groups is 6. The summed E-state index contributed by atoms with van der Waals surface area (Å²) in [7, 11) is 0. The Kier molecular flexibility index (Phi) is 27.4. The third-order valence-corrected chi connectivity index (χ3v) is 10.9. The van der Waals surface area contributed by atoms with Gasteiger partial charge in [-0.05, 0) is 44.2 Å². The van der Waals surface area contributed by atoms with Crippen molar-refractivity contribution < 1.29 is 98.4 Å². The minimum Gasteiger partial charge on any atom is -0.492 e. The number of ether oxygens (including phenoxy) is 5. The lowest BCUT2D eigenvalue weighted by Gasteiger charge is -2.39. The van der Waals surface area contributed by atoms with E-state index in [0.29, 0.717) is 25.0 Å². The summed E-state index contributed by atoms with van der Waals surface area (Å²) in [6.07, 6.45) is -13.9. The molecular formula is C43H70N6O20. The number of carboxylic acid groups (broad SMARTS) is 1. The van der Waals surface area contributed by atoms with Gasteiger partial charge in [0.25, 0.3) is 0 Å². The van der Waals surface area contributed by atoms with Gasteiger partial charge < -0.3 is 96.2 Å². The second-order valence-corrected chi connectivity index (χ2v) is 16.3. The smallest absolute Gasteiger partial charge is 0.303 e. The van der Waals surface area contributed by atoms with E-state index in [1.54, 1.807) is 24.3 Å². The topological polar surface area (TPSA) is 394 Å². The molecule has 26 nitrogen and oxygen atoms in total. The number of aliphatic hydroxyl groups is 8. The molecule has 14 N–H and O–H groups in total. The molecule has 2 heterocycles. The Morgan fingerprint density at radius 1 is 0.551 bits per heavy atom. The molecule has 2 aliphatic heterocycles. The van der Waals surface area contributed by atoms with Crippen LogP contribution < -0.4 is 31.3 Å². The minimum atomic E-state index is -1.70. The van der Waals surface area contributed by atoms with Gasteiger partial charge in [0.15, 0.2) is 12.6 Å². The Balaban J connectivity index is 1.66. The van der Waals surface area contributed by atoms with E-state index in [1.165, 1.54) is 4.90 Å². The first-order valence-electron chi connectivity index (χ1n) is 22.9. The van der Waals surface area contributed by atoms with Crippen molar-refractivity contribution in [2.75, 3.05) is 78.8 Å². The van der Waals surface area contributed by atoms with Gasteiger partial charge >= 0.3 is 5.97 Å². The zero-order valence-electron chi connectivity index (χ0n) is 38.3. The average Bonchev–Trinajstić information content (AvgIpc) is 3.32. The van der Waals surface area contributed by atoms with Crippen molar-refractivity contribution in [1.82, 2.24) is 31.5 Å². The summed E-state index contributed by atoms with van der Waals surface area (Å²) in [6, 6.07) is 7.67. The lowest BCUT2D eigenvalue weighted by atomic mass is 9.99. The fourth-order valence-corrected chi connectivity index (χ4v) is 7.10. The van der Waals surface area contributed by atoms with Gasteiger partial charge in [-0.2, -0.15) is 0 Å². The highest BCUT2D eigenvalue weighted by Crippen LogP contribution is 2.23. The van der Waals surface area contributed by atoms with E-state index in [9.17, 15) is 69.6 Å². The molecule has 5 amide bonds. The van der Waals surface area contributed by atoms with Crippen molar-refractivity contribution in [2.24, 2.45) is 0 Å². The monoisotopic (exact) mass is 990 g/mol. The van der Waals surface area contributed by atoms with E-state index < -0.39 is 117 Å². The molecular weight excluding hydrogens is 920 g/mol. The quantitative estimate of drug-likeness (QED) is 0.0292. The molecule has 0 aromatic heterocycles. The van der Waals surface area contributed by atoms with Crippen LogP contribution in [0.2, 0.25) is 0 Å². The third kappa shape index (κ3) is 21.5. The zero-order chi connectivity index (χ0) is 50.7. The normalized spacial score (nSPS) is 25.0. The summed E-state index contributed by atoms with van der Waals surface area (Å²) < 4.78 is 27.3. The molecule has 1 unspecified atom stereocenters. The van der Waals surface area contributed by atoms with Gasteiger partial charge in [-0.1, -0.05) is 18.2 Å². The molecule has 11 atom stereocenters. The van der Waals surface area contributed by atoms with Crippen LogP contribution in [0, 0.1) is 0 Å². The third-order valence-electron chi connectivity index (χ3n) is 10.9. The Morgan fingerprint density at radius 3 is 1.59 bits per heavy atom. The van der Waals surface area contributed by atoms with Crippen molar-refractivity contribution in [2.45, 2.75) is 119 Å². The second-order valence-electron chi connectivity index (χ2n) is 16.3. The average molecular weight is 991 g/mol. The maximum atomic E-state index is 14.0. The SMILES string of the molecule is O=C(O)CCCCC(=O)NCCC(=O)NCCCCC(C(=O)NCCO[C@H]1O[C@H](CO)[C@@H](O)[C@H](O)[C@@H]1O)N(CC(=O)NCCOc1ccccc1)CC(=O)NCCO[C@H]1O[C@H](CO)[C@@H](O)[C@H](O)[C@@H]1O. The number of aliphatic carboxylic acids is 1. The fraction of sp³-hybridized carbons (Fsp3) is 0.721. The van der Waals surface area contributed by atoms with Crippen LogP contribution in [0.3, 0.4) is 0 Å². The highest BCUT2D eigenvalue weighted by atomic mass is 16.7. The summed E-state index contributed by atoms with van der Waals surface area (Å²) in [5.41, 5.74) is 0. The van der Waals surface area contributed by atoms with Crippen molar-refractivity contribution >= 4 is 35.5 Å². The van der Waals surface area contributed by atoms with Crippen molar-refractivity contribution in [3.05, 3.63) is 30.3 Å². The molecule has 26 heteroatoms. The molecule has 2 saturated heterocycles. The van der Waals surface area contributed by atoms with Crippen LogP contribution in [0.5, 0.6) is 5.75 Å². The Hall–Kier alpha value is -4.68. The number of hydrogen-bond donors (Lipinski definition) is 14. The Morgan fingerprint density at radius 2 is 1.04 bits per heavy atom. The van der Waals surface area contributed by atoms with Crippen molar-refractivity contribution in [3.63, 3.8) is 0 Å². The summed E-state index contributed by atoms with van der Waals surface area (Å²) >= 11 is 0. The molecule has 2 aliphatic rings. The van der Waals surface area contributed by atoms with Crippen LogP contribution in [0.4, 0.5) is 0 Å². The first-order chi connectivity index (χ1) is 33.1. The summed E-state index contributed by atoms with van der Waals surface area (Å²) in [5.74, 6) is -2.97. The minimum absolute atomic E-state index is 0.0287. The van der Waals surface area contributed by atoms with Gasteiger partial charge in [0.1, 0.15) is 61.2 Å². The molecule has 392 valence electrons. The predicted molar refractivity (Wildman–Crippen MR) is 236 cm³/mol. The largest absolute Gasteiger partial charge is 0.492 e. The molecule has 69 heavy (non-hydrogen) atoms. The van der Waals surface area contributed by atoms with E-state index in [1.807, 2.05) is 6.07 Å². The lowest BCUT2D eigenvalue weighted by Crippen LogP contribution is -2.59. The standard InChI is InChI=1S/C43H70N6O20/c50-24-28-35(58)37(60)39(62)42(68-28)66-20-17-47-33(55)23-49(22-32(54)46-16-19-65-26-8-2-1-3-9-26)27(41(64)48-18-21-67-43-40(63)38(61)36(59)29(25-51)69-43)10-6-7-14-44-31(53)13-15-45-30(52)11-4-5-12-34(56)57/h1-3,8-9,27-29,35-40,42-43,50-51,58-63H,4-7,10-25H2,(H,44,53)(H,45,52)(H,46,54)(H,47,55)(H,48,64)(H,56,57)/t27?,28-,29-,35-,36-,37+,38+,39+,40+,42+,43+/m1/s1. The first-order valence-corrected chi connectivity index (χ1v) is 22.9. The van der Waals surface area contributed by atoms with Crippen LogP contribution in [0.25, 0.3) is 0 Å². The predicted octanol–water partition coefficient (Wildman–Crippen LogP) is -5.84. The first kappa shape index (κ1) is 58.6. The second kappa shape index (κ2) is 32.3. The molecule has 2 fully saturated rings. The highest BCUT2D eigenvalue weighted by molar-refractivity contribution is 5.86. The van der Waals surface area contributed by atoms with Gasteiger partial charge in [-0.25, -0.2) is 0 Å². The van der Waals surface area contributed by atoms with E-state index in [0.717, 1.165) is 0 Å². The van der Waals surface area contributed by atoms with Crippen LogP contribution in [-0.2, 0) is 47.7 Å². The molecule has 0 bridgehead atoms. The van der Waals surface area contributed by atoms with Crippen LogP contribution in [0.15, 0.2) is 30.3 Å². The molecule has 0 saturated carbocycles. The van der Waals surface area contributed by atoms with Crippen molar-refractivity contribution in [3.8, 4) is 5.75 Å². The molecule has 1 aromatic rings. The van der Waals surface area contributed by atoms with Crippen LogP contribution in [-0.4, -0.2) is 233 Å². The molecule has 3 rings (SSSR count). The summed E-state index contributed by atoms with van der Waals surface area (Å²) in [4.78, 5) is 77.3. The number of benzene rings is 1. The fourth-order valence-electron chi connectivity index (χ4n) is 7.10. The van der Waals surface area contributed by atoms with Gasteiger partial charge in [0, 0.05) is 45.4 Å². The van der Waals surface area contributed by atoms with Gasteiger partial charge in [-0.15, -0.1) is 0 Å². The van der Waals surface area contributed by atoms with E-state index in [4.69, 9.17) is 28.8 Å². The number of carboxylic acids is 1.